The van der Waals surface area contributed by atoms with Gasteiger partial charge in [0.2, 0.25) is 0 Å². The molecular weight excluding hydrogens is 429 g/mol. The van der Waals surface area contributed by atoms with E-state index in [0.29, 0.717) is 6.54 Å². The van der Waals surface area contributed by atoms with Gasteiger partial charge in [-0.2, -0.15) is 18.3 Å². The number of nitrogens with one attached hydrogen (secondary N) is 2. The minimum Gasteiger partial charge on any atom is -0.363 e. The molecule has 0 radical (unpaired) electrons. The molecule has 5 nitrogen and oxygen atoms in total. The Kier molecular flexibility index (Phi) is 4.79. The van der Waals surface area contributed by atoms with Gasteiger partial charge in [-0.3, -0.25) is 4.79 Å². The van der Waals surface area contributed by atoms with Gasteiger partial charge in [-0.15, -0.1) is 0 Å². The lowest BCUT2D eigenvalue weighted by Gasteiger charge is -2.56. The summed E-state index contributed by atoms with van der Waals surface area (Å²) in [5.41, 5.74) is 0.992. The van der Waals surface area contributed by atoms with Gasteiger partial charge in [0.1, 0.15) is 5.82 Å². The molecule has 0 spiro atoms. The Bertz CT molecular complexity index is 1010. The highest BCUT2D eigenvalue weighted by Crippen LogP contribution is 2.59. The SMILES string of the molecule is O=C(NCC12CC3CC(CC(C3)C1)C2)c1cc2n(n1)[C@@H](C(F)(F)F)C[C@@H](c1ccccc1)N2. The van der Waals surface area contributed by atoms with Crippen molar-refractivity contribution in [2.75, 3.05) is 11.9 Å². The quantitative estimate of drug-likeness (QED) is 0.637. The number of fused-ring (bicyclic) bond motifs is 1. The molecule has 1 aromatic carbocycles. The van der Waals surface area contributed by atoms with Gasteiger partial charge in [0, 0.05) is 19.0 Å². The first kappa shape index (κ1) is 21.1. The van der Waals surface area contributed by atoms with Crippen LogP contribution >= 0.6 is 0 Å². The van der Waals surface area contributed by atoms with Crippen molar-refractivity contribution in [2.24, 2.45) is 23.2 Å². The molecular formula is C25H29F3N4O. The molecule has 4 fully saturated rings. The lowest BCUT2D eigenvalue weighted by atomic mass is 9.49. The summed E-state index contributed by atoms with van der Waals surface area (Å²) in [6, 6.07) is 8.29. The molecule has 176 valence electrons. The number of halogens is 3. The van der Waals surface area contributed by atoms with Crippen LogP contribution in [-0.2, 0) is 0 Å². The Balaban J connectivity index is 1.21. The van der Waals surface area contributed by atoms with Gasteiger partial charge < -0.3 is 10.6 Å². The molecule has 7 rings (SSSR count). The van der Waals surface area contributed by atoms with E-state index >= 15 is 0 Å². The second-order valence-electron chi connectivity index (χ2n) is 10.9. The molecule has 2 N–H and O–H groups in total. The van der Waals surface area contributed by atoms with Gasteiger partial charge in [-0.25, -0.2) is 4.68 Å². The van der Waals surface area contributed by atoms with Gasteiger partial charge in [0.25, 0.3) is 5.91 Å². The maximum atomic E-state index is 13.9. The summed E-state index contributed by atoms with van der Waals surface area (Å²) < 4.78 is 42.6. The predicted molar refractivity (Wildman–Crippen MR) is 118 cm³/mol. The van der Waals surface area contributed by atoms with Gasteiger partial charge in [-0.1, -0.05) is 30.3 Å². The summed E-state index contributed by atoms with van der Waals surface area (Å²) in [4.78, 5) is 13.0. The minimum atomic E-state index is -4.46. The number of anilines is 1. The minimum absolute atomic E-state index is 0.0465. The van der Waals surface area contributed by atoms with E-state index in [0.717, 1.165) is 47.3 Å². The average molecular weight is 459 g/mol. The van der Waals surface area contributed by atoms with Crippen LogP contribution in [0.2, 0.25) is 0 Å². The first-order chi connectivity index (χ1) is 15.8. The Morgan fingerprint density at radius 1 is 1.06 bits per heavy atom. The molecule has 8 heteroatoms. The Hall–Kier alpha value is -2.51. The third-order valence-electron chi connectivity index (χ3n) is 8.41. The zero-order valence-electron chi connectivity index (χ0n) is 18.4. The number of benzene rings is 1. The lowest BCUT2D eigenvalue weighted by Crippen LogP contribution is -2.51. The van der Waals surface area contributed by atoms with E-state index in [1.165, 1.54) is 25.3 Å². The van der Waals surface area contributed by atoms with Crippen LogP contribution < -0.4 is 10.6 Å². The number of hydrogen-bond donors (Lipinski definition) is 2. The predicted octanol–water partition coefficient (Wildman–Crippen LogP) is 5.49. The van der Waals surface area contributed by atoms with E-state index in [-0.39, 0.29) is 29.3 Å². The van der Waals surface area contributed by atoms with Gasteiger partial charge in [0.15, 0.2) is 11.7 Å². The van der Waals surface area contributed by atoms with Crippen LogP contribution in [0.3, 0.4) is 0 Å². The Morgan fingerprint density at radius 2 is 1.70 bits per heavy atom. The maximum absolute atomic E-state index is 13.9. The van der Waals surface area contributed by atoms with Crippen molar-refractivity contribution < 1.29 is 18.0 Å². The van der Waals surface area contributed by atoms with Crippen molar-refractivity contribution in [2.45, 2.75) is 63.2 Å². The summed E-state index contributed by atoms with van der Waals surface area (Å²) >= 11 is 0. The topological polar surface area (TPSA) is 59.0 Å². The molecule has 1 aromatic heterocycles. The largest absolute Gasteiger partial charge is 0.410 e. The molecule has 0 saturated heterocycles. The number of nitrogens with zero attached hydrogens (tertiary/aromatic N) is 2. The Labute approximate surface area is 191 Å². The number of rotatable bonds is 4. The molecule has 4 aliphatic carbocycles. The zero-order valence-corrected chi connectivity index (χ0v) is 18.4. The maximum Gasteiger partial charge on any atom is 0.410 e. The summed E-state index contributed by atoms with van der Waals surface area (Å²) in [5, 5.41) is 10.3. The molecule has 2 atom stereocenters. The zero-order chi connectivity index (χ0) is 22.8. The molecule has 0 unspecified atom stereocenters. The molecule has 33 heavy (non-hydrogen) atoms. The number of aromatic nitrogens is 2. The van der Waals surface area contributed by atoms with Crippen molar-refractivity contribution in [3.63, 3.8) is 0 Å². The van der Waals surface area contributed by atoms with Crippen LogP contribution in [0.25, 0.3) is 0 Å². The highest BCUT2D eigenvalue weighted by molar-refractivity contribution is 5.93. The first-order valence-corrected chi connectivity index (χ1v) is 12.0. The number of carbonyl (C=O) groups excluding carboxylic acids is 1. The second-order valence-corrected chi connectivity index (χ2v) is 10.9. The van der Waals surface area contributed by atoms with E-state index in [2.05, 4.69) is 15.7 Å². The molecule has 2 aromatic rings. The summed E-state index contributed by atoms with van der Waals surface area (Å²) in [6.07, 6.45) is 2.84. The lowest BCUT2D eigenvalue weighted by molar-refractivity contribution is -0.173. The molecule has 1 aliphatic heterocycles. The van der Waals surface area contributed by atoms with Crippen LogP contribution in [-0.4, -0.2) is 28.4 Å². The van der Waals surface area contributed by atoms with Crippen LogP contribution in [0.1, 0.15) is 73.1 Å². The fourth-order valence-corrected chi connectivity index (χ4v) is 7.45. The van der Waals surface area contributed by atoms with Crippen molar-refractivity contribution in [3.8, 4) is 0 Å². The van der Waals surface area contributed by atoms with Crippen LogP contribution in [0.15, 0.2) is 36.4 Å². The van der Waals surface area contributed by atoms with Crippen LogP contribution in [0.4, 0.5) is 19.0 Å². The van der Waals surface area contributed by atoms with Gasteiger partial charge in [-0.05, 0) is 67.3 Å². The van der Waals surface area contributed by atoms with Crippen molar-refractivity contribution in [1.29, 1.82) is 0 Å². The monoisotopic (exact) mass is 458 g/mol. The van der Waals surface area contributed by atoms with E-state index < -0.39 is 18.3 Å². The van der Waals surface area contributed by atoms with Crippen molar-refractivity contribution in [1.82, 2.24) is 15.1 Å². The van der Waals surface area contributed by atoms with Crippen molar-refractivity contribution in [3.05, 3.63) is 47.7 Å². The smallest absolute Gasteiger partial charge is 0.363 e. The first-order valence-electron chi connectivity index (χ1n) is 12.0. The standard InChI is InChI=1S/C25H29F3N4O/c26-25(27,28)21-9-19(18-4-2-1-3-5-18)30-22-10-20(31-32(21)22)23(33)29-14-24-11-15-6-16(12-24)8-17(7-15)13-24/h1-5,10,15-17,19,21,30H,6-9,11-14H2,(H,29,33)/t15?,16?,17?,19-,21+,24?/m0/s1. The number of carbonyl (C=O) groups is 1. The molecule has 4 saturated carbocycles. The normalized spacial score (nSPS) is 34.6. The molecule has 4 bridgehead atoms. The summed E-state index contributed by atoms with van der Waals surface area (Å²) in [7, 11) is 0. The number of hydrogen-bond acceptors (Lipinski definition) is 3. The second kappa shape index (κ2) is 7.50. The van der Waals surface area contributed by atoms with Gasteiger partial charge in [0.05, 0.1) is 6.04 Å². The molecule has 2 heterocycles. The molecule has 1 amide bonds. The van der Waals surface area contributed by atoms with Crippen molar-refractivity contribution >= 4 is 11.7 Å². The fourth-order valence-electron chi connectivity index (χ4n) is 7.45. The Morgan fingerprint density at radius 3 is 2.30 bits per heavy atom. The highest BCUT2D eigenvalue weighted by Gasteiger charge is 2.51. The molecule has 5 aliphatic rings. The van der Waals surface area contributed by atoms with Gasteiger partial charge >= 0.3 is 6.18 Å². The van der Waals surface area contributed by atoms with E-state index in [1.54, 1.807) is 0 Å². The number of alkyl halides is 3. The summed E-state index contributed by atoms with van der Waals surface area (Å²) in [6.45, 7) is 0.598. The van der Waals surface area contributed by atoms with Crippen LogP contribution in [0.5, 0.6) is 0 Å². The van der Waals surface area contributed by atoms with E-state index in [4.69, 9.17) is 0 Å². The average Bonchev–Trinajstić information content (AvgIpc) is 3.20. The van der Waals surface area contributed by atoms with E-state index in [1.807, 2.05) is 30.3 Å². The third kappa shape index (κ3) is 3.81. The van der Waals surface area contributed by atoms with E-state index in [9.17, 15) is 18.0 Å². The fraction of sp³-hybridized carbons (Fsp3) is 0.600. The van der Waals surface area contributed by atoms with Crippen LogP contribution in [0, 0.1) is 23.2 Å². The number of amides is 1. The summed E-state index contributed by atoms with van der Waals surface area (Å²) in [5.74, 6) is 2.18. The highest BCUT2D eigenvalue weighted by atomic mass is 19.4. The third-order valence-corrected chi connectivity index (χ3v) is 8.41.